The Morgan fingerprint density at radius 3 is 2.68 bits per heavy atom. The molecule has 2 aliphatic carbocycles. The van der Waals surface area contributed by atoms with E-state index < -0.39 is 5.60 Å². The number of aliphatic imine (C=N–C) groups is 1. The summed E-state index contributed by atoms with van der Waals surface area (Å²) in [4.78, 5) is 4.68. The van der Waals surface area contributed by atoms with Crippen molar-refractivity contribution < 1.29 is 5.11 Å². The maximum absolute atomic E-state index is 10.6. The predicted molar refractivity (Wildman–Crippen MR) is 96.7 cm³/mol. The van der Waals surface area contributed by atoms with Crippen molar-refractivity contribution in [2.75, 3.05) is 18.8 Å². The summed E-state index contributed by atoms with van der Waals surface area (Å²) in [5, 5.41) is 18.3. The van der Waals surface area contributed by atoms with Crippen LogP contribution in [-0.2, 0) is 0 Å². The summed E-state index contributed by atoms with van der Waals surface area (Å²) >= 11 is 2.08. The van der Waals surface area contributed by atoms with Crippen molar-refractivity contribution in [1.29, 1.82) is 0 Å². The van der Waals surface area contributed by atoms with Crippen LogP contribution in [0.25, 0.3) is 0 Å². The van der Waals surface area contributed by atoms with Crippen LogP contribution in [-0.4, -0.2) is 46.8 Å². The first kappa shape index (κ1) is 17.9. The van der Waals surface area contributed by atoms with Crippen molar-refractivity contribution in [2.45, 2.75) is 82.1 Å². The summed E-state index contributed by atoms with van der Waals surface area (Å²) in [6, 6.07) is 0.530. The molecule has 2 unspecified atom stereocenters. The van der Waals surface area contributed by atoms with Crippen LogP contribution in [0.2, 0.25) is 0 Å². The van der Waals surface area contributed by atoms with Crippen molar-refractivity contribution in [3.63, 3.8) is 0 Å². The molecule has 128 valence electrons. The van der Waals surface area contributed by atoms with Gasteiger partial charge in [-0.1, -0.05) is 26.2 Å². The number of thioether (sulfide) groups is 1. The molecule has 0 spiro atoms. The van der Waals surface area contributed by atoms with E-state index in [1.54, 1.807) is 0 Å². The second-order valence-electron chi connectivity index (χ2n) is 6.71. The van der Waals surface area contributed by atoms with Crippen molar-refractivity contribution >= 4 is 17.7 Å². The Hall–Kier alpha value is -0.420. The molecular weight excluding hydrogens is 294 g/mol. The molecule has 0 aromatic rings. The number of nitrogens with one attached hydrogen (secondary N) is 2. The Balaban J connectivity index is 1.85. The molecule has 2 fully saturated rings. The second kappa shape index (κ2) is 9.02. The van der Waals surface area contributed by atoms with Crippen molar-refractivity contribution in [3.05, 3.63) is 0 Å². The number of hydrogen-bond acceptors (Lipinski definition) is 3. The normalized spacial score (nSPS) is 28.6. The lowest BCUT2D eigenvalue weighted by Crippen LogP contribution is -2.44. The monoisotopic (exact) mass is 327 g/mol. The zero-order chi connectivity index (χ0) is 15.8. The van der Waals surface area contributed by atoms with Gasteiger partial charge in [0.2, 0.25) is 0 Å². The predicted octanol–water partition coefficient (Wildman–Crippen LogP) is 2.91. The van der Waals surface area contributed by atoms with Gasteiger partial charge in [-0.25, -0.2) is 0 Å². The highest BCUT2D eigenvalue weighted by atomic mass is 32.2. The molecule has 22 heavy (non-hydrogen) atoms. The fourth-order valence-electron chi connectivity index (χ4n) is 3.57. The summed E-state index contributed by atoms with van der Waals surface area (Å²) in [6.45, 7) is 5.73. The Kier molecular flexibility index (Phi) is 7.35. The van der Waals surface area contributed by atoms with Crippen LogP contribution in [0.5, 0.6) is 0 Å². The van der Waals surface area contributed by atoms with Gasteiger partial charge in [-0.05, 0) is 44.8 Å². The molecule has 0 aromatic carbocycles. The Labute approximate surface area is 139 Å². The SMILES string of the molecule is CCNC(=NCC1(O)CCCCC1)NC1CCC(SCC)C1. The largest absolute Gasteiger partial charge is 0.388 e. The van der Waals surface area contributed by atoms with Gasteiger partial charge < -0.3 is 15.7 Å². The van der Waals surface area contributed by atoms with E-state index >= 15 is 0 Å². The molecule has 2 rings (SSSR count). The summed E-state index contributed by atoms with van der Waals surface area (Å²) in [7, 11) is 0. The zero-order valence-corrected chi connectivity index (χ0v) is 15.1. The van der Waals surface area contributed by atoms with Crippen molar-refractivity contribution in [1.82, 2.24) is 10.6 Å². The van der Waals surface area contributed by atoms with Crippen LogP contribution in [0.15, 0.2) is 4.99 Å². The highest BCUT2D eigenvalue weighted by Gasteiger charge is 2.29. The Bertz CT molecular complexity index is 356. The molecule has 0 aromatic heterocycles. The fraction of sp³-hybridized carbons (Fsp3) is 0.941. The third-order valence-corrected chi connectivity index (χ3v) is 6.02. The van der Waals surface area contributed by atoms with Gasteiger partial charge in [0.1, 0.15) is 0 Å². The van der Waals surface area contributed by atoms with Gasteiger partial charge in [-0.2, -0.15) is 11.8 Å². The number of guanidine groups is 1. The molecule has 2 atom stereocenters. The summed E-state index contributed by atoms with van der Waals surface area (Å²) in [5.41, 5.74) is -0.573. The molecule has 0 bridgehead atoms. The Morgan fingerprint density at radius 2 is 2.00 bits per heavy atom. The first-order valence-corrected chi connectivity index (χ1v) is 10.1. The van der Waals surface area contributed by atoms with Gasteiger partial charge in [0.25, 0.3) is 0 Å². The van der Waals surface area contributed by atoms with Crippen molar-refractivity contribution in [2.24, 2.45) is 4.99 Å². The third-order valence-electron chi connectivity index (χ3n) is 4.79. The summed E-state index contributed by atoms with van der Waals surface area (Å²) in [5.74, 6) is 2.09. The first-order chi connectivity index (χ1) is 10.6. The molecule has 0 aliphatic heterocycles. The van der Waals surface area contributed by atoms with E-state index in [1.807, 2.05) is 0 Å². The van der Waals surface area contributed by atoms with E-state index in [2.05, 4.69) is 41.2 Å². The molecular formula is C17H33N3OS. The second-order valence-corrected chi connectivity index (χ2v) is 8.29. The molecule has 2 aliphatic rings. The minimum atomic E-state index is -0.573. The minimum absolute atomic E-state index is 0.530. The molecule has 0 amide bonds. The molecule has 2 saturated carbocycles. The lowest BCUT2D eigenvalue weighted by molar-refractivity contribution is 0.0131. The van der Waals surface area contributed by atoms with E-state index in [0.29, 0.717) is 12.6 Å². The molecule has 0 heterocycles. The first-order valence-electron chi connectivity index (χ1n) is 9.04. The van der Waals surface area contributed by atoms with Gasteiger partial charge in [-0.15, -0.1) is 0 Å². The number of aliphatic hydroxyl groups is 1. The Morgan fingerprint density at radius 1 is 1.23 bits per heavy atom. The fourth-order valence-corrected chi connectivity index (χ4v) is 4.71. The zero-order valence-electron chi connectivity index (χ0n) is 14.2. The lowest BCUT2D eigenvalue weighted by atomic mass is 9.85. The van der Waals surface area contributed by atoms with Crippen LogP contribution in [0.4, 0.5) is 0 Å². The quantitative estimate of drug-likeness (QED) is 0.519. The standard InChI is InChI=1S/C17H33N3OS/c1-3-18-16(19-13-17(21)10-6-5-7-11-17)20-14-8-9-15(12-14)22-4-2/h14-15,21H,3-13H2,1-2H3,(H2,18,19,20). The molecule has 0 saturated heterocycles. The molecule has 3 N–H and O–H groups in total. The van der Waals surface area contributed by atoms with Gasteiger partial charge in [0.05, 0.1) is 12.1 Å². The van der Waals surface area contributed by atoms with E-state index in [9.17, 15) is 5.11 Å². The molecule has 4 nitrogen and oxygen atoms in total. The van der Waals surface area contributed by atoms with Crippen LogP contribution in [0, 0.1) is 0 Å². The van der Waals surface area contributed by atoms with Gasteiger partial charge in [0.15, 0.2) is 5.96 Å². The van der Waals surface area contributed by atoms with E-state index in [4.69, 9.17) is 0 Å². The van der Waals surface area contributed by atoms with Crippen LogP contribution < -0.4 is 10.6 Å². The van der Waals surface area contributed by atoms with Crippen LogP contribution in [0.1, 0.15) is 65.2 Å². The maximum Gasteiger partial charge on any atom is 0.191 e. The number of nitrogens with zero attached hydrogens (tertiary/aromatic N) is 1. The molecule has 5 heteroatoms. The average Bonchev–Trinajstić information content (AvgIpc) is 2.94. The van der Waals surface area contributed by atoms with Crippen LogP contribution in [0.3, 0.4) is 0 Å². The topological polar surface area (TPSA) is 56.7 Å². The average molecular weight is 328 g/mol. The van der Waals surface area contributed by atoms with Gasteiger partial charge in [0, 0.05) is 17.8 Å². The summed E-state index contributed by atoms with van der Waals surface area (Å²) < 4.78 is 0. The smallest absolute Gasteiger partial charge is 0.191 e. The third kappa shape index (κ3) is 5.65. The number of hydrogen-bond donors (Lipinski definition) is 3. The minimum Gasteiger partial charge on any atom is -0.388 e. The van der Waals surface area contributed by atoms with Gasteiger partial charge >= 0.3 is 0 Å². The van der Waals surface area contributed by atoms with Gasteiger partial charge in [-0.3, -0.25) is 4.99 Å². The highest BCUT2D eigenvalue weighted by molar-refractivity contribution is 7.99. The van der Waals surface area contributed by atoms with Crippen molar-refractivity contribution in [3.8, 4) is 0 Å². The lowest BCUT2D eigenvalue weighted by Gasteiger charge is -2.30. The summed E-state index contributed by atoms with van der Waals surface area (Å²) in [6.07, 6.45) is 9.08. The molecule has 0 radical (unpaired) electrons. The highest BCUT2D eigenvalue weighted by Crippen LogP contribution is 2.30. The number of rotatable bonds is 6. The van der Waals surface area contributed by atoms with E-state index in [1.165, 1.54) is 31.4 Å². The van der Waals surface area contributed by atoms with Crippen LogP contribution >= 0.6 is 11.8 Å². The van der Waals surface area contributed by atoms with E-state index in [0.717, 1.165) is 43.4 Å². The van der Waals surface area contributed by atoms with E-state index in [-0.39, 0.29) is 0 Å². The maximum atomic E-state index is 10.6.